The second-order valence-electron chi connectivity index (χ2n) is 4.30. The number of hydrogen-bond donors (Lipinski definition) is 1. The zero-order valence-electron chi connectivity index (χ0n) is 11.0. The molecular weight excluding hydrogens is 362 g/mol. The van der Waals surface area contributed by atoms with Gasteiger partial charge in [-0.1, -0.05) is 33.6 Å². The van der Waals surface area contributed by atoms with Gasteiger partial charge in [0.2, 0.25) is 5.75 Å². The lowest BCUT2D eigenvalue weighted by Crippen LogP contribution is -1.98. The van der Waals surface area contributed by atoms with Crippen LogP contribution >= 0.6 is 27.5 Å². The zero-order chi connectivity index (χ0) is 15.6. The third-order valence-electron chi connectivity index (χ3n) is 2.86. The lowest BCUT2D eigenvalue weighted by atomic mass is 10.1. The molecule has 0 saturated carbocycles. The Bertz CT molecular complexity index is 706. The number of aryl methyl sites for hydroxylation is 1. The average molecular weight is 373 g/mol. The summed E-state index contributed by atoms with van der Waals surface area (Å²) in [6.07, 6.45) is 0. The van der Waals surface area contributed by atoms with Crippen LogP contribution < -0.4 is 4.74 Å². The first-order valence-corrected chi connectivity index (χ1v) is 7.11. The Hall–Kier alpha value is -1.63. The van der Waals surface area contributed by atoms with Gasteiger partial charge in [-0.2, -0.15) is 0 Å². The topological polar surface area (TPSA) is 72.6 Å². The molecule has 0 spiro atoms. The SMILES string of the molecule is Cc1cc(Br)cc([N+](=O)[O-])c1Oc1cccc(Cl)c1CO. The summed E-state index contributed by atoms with van der Waals surface area (Å²) in [6.45, 7) is 1.38. The number of hydrogen-bond acceptors (Lipinski definition) is 4. The molecule has 0 aliphatic carbocycles. The molecule has 0 radical (unpaired) electrons. The van der Waals surface area contributed by atoms with E-state index in [1.54, 1.807) is 31.2 Å². The fourth-order valence-corrected chi connectivity index (χ4v) is 2.66. The van der Waals surface area contributed by atoms with Crippen LogP contribution in [-0.4, -0.2) is 10.0 Å². The maximum absolute atomic E-state index is 11.2. The number of rotatable bonds is 4. The summed E-state index contributed by atoms with van der Waals surface area (Å²) in [7, 11) is 0. The predicted octanol–water partition coefficient (Wildman–Crippen LogP) is 4.60. The van der Waals surface area contributed by atoms with Crippen LogP contribution in [-0.2, 0) is 6.61 Å². The van der Waals surface area contributed by atoms with Crippen molar-refractivity contribution in [2.75, 3.05) is 0 Å². The third kappa shape index (κ3) is 3.34. The van der Waals surface area contributed by atoms with Crippen LogP contribution in [0.3, 0.4) is 0 Å². The molecular formula is C14H11BrClNO4. The van der Waals surface area contributed by atoms with Crippen molar-refractivity contribution in [1.82, 2.24) is 0 Å². The molecule has 0 bridgehead atoms. The van der Waals surface area contributed by atoms with Crippen LogP contribution in [0.4, 0.5) is 5.69 Å². The first kappa shape index (κ1) is 15.8. The summed E-state index contributed by atoms with van der Waals surface area (Å²) in [4.78, 5) is 10.6. The summed E-state index contributed by atoms with van der Waals surface area (Å²) in [5.74, 6) is 0.415. The second-order valence-corrected chi connectivity index (χ2v) is 5.63. The molecule has 0 fully saturated rings. The van der Waals surface area contributed by atoms with E-state index in [9.17, 15) is 15.2 Å². The minimum atomic E-state index is -0.518. The fraction of sp³-hybridized carbons (Fsp3) is 0.143. The van der Waals surface area contributed by atoms with Crippen molar-refractivity contribution in [1.29, 1.82) is 0 Å². The van der Waals surface area contributed by atoms with E-state index in [0.29, 0.717) is 26.4 Å². The van der Waals surface area contributed by atoms with E-state index in [0.717, 1.165) is 0 Å². The van der Waals surface area contributed by atoms with Crippen molar-refractivity contribution in [3.63, 3.8) is 0 Å². The molecule has 0 saturated heterocycles. The largest absolute Gasteiger partial charge is 0.449 e. The number of halogens is 2. The monoisotopic (exact) mass is 371 g/mol. The van der Waals surface area contributed by atoms with Gasteiger partial charge < -0.3 is 9.84 Å². The summed E-state index contributed by atoms with van der Waals surface area (Å²) < 4.78 is 6.24. The molecule has 110 valence electrons. The van der Waals surface area contributed by atoms with Crippen molar-refractivity contribution >= 4 is 33.2 Å². The molecule has 21 heavy (non-hydrogen) atoms. The lowest BCUT2D eigenvalue weighted by molar-refractivity contribution is -0.385. The molecule has 0 aromatic heterocycles. The van der Waals surface area contributed by atoms with E-state index in [1.165, 1.54) is 6.07 Å². The first-order valence-electron chi connectivity index (χ1n) is 5.94. The highest BCUT2D eigenvalue weighted by molar-refractivity contribution is 9.10. The Labute approximate surface area is 134 Å². The van der Waals surface area contributed by atoms with Crippen LogP contribution in [0, 0.1) is 17.0 Å². The van der Waals surface area contributed by atoms with Gasteiger partial charge in [0, 0.05) is 21.1 Å². The summed E-state index contributed by atoms with van der Waals surface area (Å²) in [5.41, 5.74) is 0.821. The minimum absolute atomic E-state index is 0.125. The van der Waals surface area contributed by atoms with Crippen molar-refractivity contribution < 1.29 is 14.8 Å². The molecule has 0 unspecified atom stereocenters. The van der Waals surface area contributed by atoms with Gasteiger partial charge in [0.15, 0.2) is 0 Å². The number of nitro benzene ring substituents is 1. The van der Waals surface area contributed by atoms with E-state index in [4.69, 9.17) is 16.3 Å². The number of aliphatic hydroxyl groups is 1. The molecule has 2 rings (SSSR count). The highest BCUT2D eigenvalue weighted by Gasteiger charge is 2.21. The third-order valence-corrected chi connectivity index (χ3v) is 3.67. The number of ether oxygens (including phenoxy) is 1. The van der Waals surface area contributed by atoms with Crippen LogP contribution in [0.5, 0.6) is 11.5 Å². The first-order chi connectivity index (χ1) is 9.93. The van der Waals surface area contributed by atoms with Gasteiger partial charge in [-0.15, -0.1) is 0 Å². The van der Waals surface area contributed by atoms with Gasteiger partial charge in [-0.3, -0.25) is 10.1 Å². The maximum Gasteiger partial charge on any atom is 0.312 e. The molecule has 0 aliphatic rings. The summed E-state index contributed by atoms with van der Waals surface area (Å²) in [6, 6.07) is 7.94. The van der Waals surface area contributed by atoms with Gasteiger partial charge >= 0.3 is 5.69 Å². The van der Waals surface area contributed by atoms with Gasteiger partial charge in [-0.05, 0) is 30.7 Å². The Morgan fingerprint density at radius 1 is 1.43 bits per heavy atom. The van der Waals surface area contributed by atoms with E-state index < -0.39 is 4.92 Å². The highest BCUT2D eigenvalue weighted by Crippen LogP contribution is 2.39. The molecule has 0 amide bonds. The van der Waals surface area contributed by atoms with Gasteiger partial charge in [0.05, 0.1) is 11.5 Å². The van der Waals surface area contributed by atoms with Crippen molar-refractivity contribution in [3.8, 4) is 11.5 Å². The van der Waals surface area contributed by atoms with Gasteiger partial charge in [0.25, 0.3) is 0 Å². The number of aliphatic hydroxyl groups excluding tert-OH is 1. The summed E-state index contributed by atoms with van der Waals surface area (Å²) >= 11 is 9.20. The quantitative estimate of drug-likeness (QED) is 0.628. The molecule has 1 N–H and O–H groups in total. The predicted molar refractivity (Wildman–Crippen MR) is 83.0 cm³/mol. The zero-order valence-corrected chi connectivity index (χ0v) is 13.3. The molecule has 0 atom stereocenters. The maximum atomic E-state index is 11.2. The van der Waals surface area contributed by atoms with Gasteiger partial charge in [-0.25, -0.2) is 0 Å². The van der Waals surface area contributed by atoms with Crippen LogP contribution in [0.1, 0.15) is 11.1 Å². The number of nitrogens with zero attached hydrogens (tertiary/aromatic N) is 1. The fourth-order valence-electron chi connectivity index (χ4n) is 1.88. The summed E-state index contributed by atoms with van der Waals surface area (Å²) in [5, 5.41) is 20.9. The van der Waals surface area contributed by atoms with Crippen molar-refractivity contribution in [2.45, 2.75) is 13.5 Å². The molecule has 2 aromatic rings. The van der Waals surface area contributed by atoms with E-state index in [-0.39, 0.29) is 18.0 Å². The number of benzene rings is 2. The van der Waals surface area contributed by atoms with Crippen LogP contribution in [0.2, 0.25) is 5.02 Å². The van der Waals surface area contributed by atoms with E-state index in [2.05, 4.69) is 15.9 Å². The molecule has 0 heterocycles. The van der Waals surface area contributed by atoms with Crippen molar-refractivity contribution in [2.24, 2.45) is 0 Å². The van der Waals surface area contributed by atoms with Crippen LogP contribution in [0.25, 0.3) is 0 Å². The standard InChI is InChI=1S/C14H11BrClNO4/c1-8-5-9(15)6-12(17(19)20)14(8)21-13-4-2-3-11(16)10(13)7-18/h2-6,18H,7H2,1H3. The Morgan fingerprint density at radius 2 is 2.14 bits per heavy atom. The highest BCUT2D eigenvalue weighted by atomic mass is 79.9. The average Bonchev–Trinajstić information content (AvgIpc) is 2.41. The normalized spacial score (nSPS) is 10.5. The Kier molecular flexibility index (Phi) is 4.82. The molecule has 0 aliphatic heterocycles. The Balaban J connectivity index is 2.54. The van der Waals surface area contributed by atoms with E-state index >= 15 is 0 Å². The molecule has 2 aromatic carbocycles. The second kappa shape index (κ2) is 6.43. The van der Waals surface area contributed by atoms with Crippen molar-refractivity contribution in [3.05, 3.63) is 61.1 Å². The van der Waals surface area contributed by atoms with Gasteiger partial charge in [0.1, 0.15) is 5.75 Å². The van der Waals surface area contributed by atoms with E-state index in [1.807, 2.05) is 0 Å². The number of nitro groups is 1. The Morgan fingerprint density at radius 3 is 2.76 bits per heavy atom. The molecule has 7 heteroatoms. The lowest BCUT2D eigenvalue weighted by Gasteiger charge is -2.13. The van der Waals surface area contributed by atoms with Crippen LogP contribution in [0.15, 0.2) is 34.8 Å². The minimum Gasteiger partial charge on any atom is -0.449 e. The molecule has 5 nitrogen and oxygen atoms in total. The smallest absolute Gasteiger partial charge is 0.312 e.